The number of hydrazone groups is 1. The van der Waals surface area contributed by atoms with E-state index in [1.807, 2.05) is 31.2 Å². The van der Waals surface area contributed by atoms with Crippen molar-refractivity contribution in [2.24, 2.45) is 5.10 Å². The fourth-order valence-corrected chi connectivity index (χ4v) is 2.04. The van der Waals surface area contributed by atoms with Crippen LogP contribution in [-0.2, 0) is 0 Å². The number of halogens is 1. The van der Waals surface area contributed by atoms with Crippen molar-refractivity contribution >= 4 is 22.8 Å². The summed E-state index contributed by atoms with van der Waals surface area (Å²) in [5.74, 6) is -0.301. The Balaban J connectivity index is 1.93. The van der Waals surface area contributed by atoms with Gasteiger partial charge in [0.1, 0.15) is 5.82 Å². The van der Waals surface area contributed by atoms with Crippen LogP contribution in [0.15, 0.2) is 53.8 Å². The standard InChI is InChI=1S/C16H13FN4/c1-11-8-16(14-9-12(17)5-6-15(14)20-11)21-19-10-13-4-2-3-7-18-13/h2-10H,1H3,(H,20,21)/b19-10+. The van der Waals surface area contributed by atoms with Gasteiger partial charge in [0.05, 0.1) is 23.1 Å². The predicted molar refractivity (Wildman–Crippen MR) is 81.9 cm³/mol. The molecule has 21 heavy (non-hydrogen) atoms. The highest BCUT2D eigenvalue weighted by atomic mass is 19.1. The molecule has 2 aromatic heterocycles. The monoisotopic (exact) mass is 280 g/mol. The lowest BCUT2D eigenvalue weighted by Crippen LogP contribution is -1.96. The SMILES string of the molecule is Cc1cc(N/N=C/c2ccccn2)c2cc(F)ccc2n1. The minimum absolute atomic E-state index is 0.301. The fourth-order valence-electron chi connectivity index (χ4n) is 2.04. The number of pyridine rings is 2. The van der Waals surface area contributed by atoms with Gasteiger partial charge in [-0.3, -0.25) is 15.4 Å². The van der Waals surface area contributed by atoms with Crippen molar-refractivity contribution in [1.82, 2.24) is 9.97 Å². The van der Waals surface area contributed by atoms with E-state index in [4.69, 9.17) is 0 Å². The molecule has 1 aromatic carbocycles. The number of hydrogen-bond acceptors (Lipinski definition) is 4. The number of hydrogen-bond donors (Lipinski definition) is 1. The summed E-state index contributed by atoms with van der Waals surface area (Å²) in [5, 5.41) is 4.84. The Morgan fingerprint density at radius 3 is 2.90 bits per heavy atom. The van der Waals surface area contributed by atoms with E-state index in [2.05, 4.69) is 20.5 Å². The first-order valence-electron chi connectivity index (χ1n) is 6.49. The van der Waals surface area contributed by atoms with Gasteiger partial charge in [-0.25, -0.2) is 4.39 Å². The highest BCUT2D eigenvalue weighted by Crippen LogP contribution is 2.24. The van der Waals surface area contributed by atoms with E-state index in [1.54, 1.807) is 18.5 Å². The van der Waals surface area contributed by atoms with Crippen molar-refractivity contribution in [1.29, 1.82) is 0 Å². The summed E-state index contributed by atoms with van der Waals surface area (Å²) in [4.78, 5) is 8.52. The quantitative estimate of drug-likeness (QED) is 0.590. The zero-order valence-electron chi connectivity index (χ0n) is 11.4. The zero-order valence-corrected chi connectivity index (χ0v) is 11.4. The molecule has 5 heteroatoms. The van der Waals surface area contributed by atoms with Crippen LogP contribution in [0.25, 0.3) is 10.9 Å². The molecule has 0 saturated heterocycles. The third-order valence-corrected chi connectivity index (χ3v) is 2.97. The number of rotatable bonds is 3. The Labute approximate surface area is 121 Å². The van der Waals surface area contributed by atoms with Crippen molar-refractivity contribution in [3.05, 3.63) is 65.9 Å². The maximum Gasteiger partial charge on any atom is 0.124 e. The summed E-state index contributed by atoms with van der Waals surface area (Å²) in [6.45, 7) is 1.89. The van der Waals surface area contributed by atoms with Crippen molar-refractivity contribution < 1.29 is 4.39 Å². The Hall–Kier alpha value is -2.82. The molecule has 1 N–H and O–H groups in total. The number of fused-ring (bicyclic) bond motifs is 1. The van der Waals surface area contributed by atoms with E-state index >= 15 is 0 Å². The molecule has 0 saturated carbocycles. The first kappa shape index (κ1) is 13.2. The second-order valence-corrected chi connectivity index (χ2v) is 4.60. The molecule has 0 amide bonds. The molecule has 0 aliphatic heterocycles. The maximum atomic E-state index is 13.4. The van der Waals surface area contributed by atoms with Gasteiger partial charge in [0.15, 0.2) is 0 Å². The van der Waals surface area contributed by atoms with Crippen LogP contribution >= 0.6 is 0 Å². The van der Waals surface area contributed by atoms with Gasteiger partial charge in [-0.15, -0.1) is 0 Å². The van der Waals surface area contributed by atoms with Crippen LogP contribution in [0, 0.1) is 12.7 Å². The van der Waals surface area contributed by atoms with Crippen molar-refractivity contribution in [2.45, 2.75) is 6.92 Å². The first-order chi connectivity index (χ1) is 10.2. The average Bonchev–Trinajstić information content (AvgIpc) is 2.49. The molecule has 0 radical (unpaired) electrons. The molecule has 0 spiro atoms. The fraction of sp³-hybridized carbons (Fsp3) is 0.0625. The van der Waals surface area contributed by atoms with Crippen LogP contribution in [0.2, 0.25) is 0 Å². The van der Waals surface area contributed by atoms with E-state index in [0.717, 1.165) is 16.9 Å². The topological polar surface area (TPSA) is 50.2 Å². The van der Waals surface area contributed by atoms with Gasteiger partial charge in [0.25, 0.3) is 0 Å². The van der Waals surface area contributed by atoms with E-state index < -0.39 is 0 Å². The molecule has 0 fully saturated rings. The van der Waals surface area contributed by atoms with E-state index in [9.17, 15) is 4.39 Å². The van der Waals surface area contributed by atoms with Crippen LogP contribution in [-0.4, -0.2) is 16.2 Å². The molecule has 0 bridgehead atoms. The Kier molecular flexibility index (Phi) is 3.55. The van der Waals surface area contributed by atoms with E-state index in [1.165, 1.54) is 12.1 Å². The van der Waals surface area contributed by atoms with Crippen LogP contribution in [0.1, 0.15) is 11.4 Å². The zero-order chi connectivity index (χ0) is 14.7. The normalized spacial score (nSPS) is 11.1. The number of anilines is 1. The Bertz CT molecular complexity index is 800. The average molecular weight is 280 g/mol. The number of benzene rings is 1. The van der Waals surface area contributed by atoms with Crippen molar-refractivity contribution in [3.63, 3.8) is 0 Å². The molecule has 3 rings (SSSR count). The molecule has 0 unspecified atom stereocenters. The smallest absolute Gasteiger partial charge is 0.124 e. The van der Waals surface area contributed by atoms with Crippen molar-refractivity contribution in [3.8, 4) is 0 Å². The van der Waals surface area contributed by atoms with Crippen LogP contribution < -0.4 is 5.43 Å². The second-order valence-electron chi connectivity index (χ2n) is 4.60. The molecular formula is C16H13FN4. The van der Waals surface area contributed by atoms with Gasteiger partial charge in [0.2, 0.25) is 0 Å². The summed E-state index contributed by atoms with van der Waals surface area (Å²) in [6.07, 6.45) is 3.31. The third kappa shape index (κ3) is 3.02. The molecular weight excluding hydrogens is 267 g/mol. The van der Waals surface area contributed by atoms with Gasteiger partial charge < -0.3 is 0 Å². The minimum Gasteiger partial charge on any atom is -0.278 e. The lowest BCUT2D eigenvalue weighted by atomic mass is 10.1. The Morgan fingerprint density at radius 1 is 1.19 bits per heavy atom. The molecule has 104 valence electrons. The summed E-state index contributed by atoms with van der Waals surface area (Å²) in [5.41, 5.74) is 5.95. The number of nitrogens with zero attached hydrogens (tertiary/aromatic N) is 3. The molecule has 3 aromatic rings. The van der Waals surface area contributed by atoms with E-state index in [-0.39, 0.29) is 5.82 Å². The van der Waals surface area contributed by atoms with Gasteiger partial charge in [0, 0.05) is 17.3 Å². The second kappa shape index (κ2) is 5.66. The number of aromatic nitrogens is 2. The van der Waals surface area contributed by atoms with Crippen LogP contribution in [0.4, 0.5) is 10.1 Å². The Morgan fingerprint density at radius 2 is 2.10 bits per heavy atom. The maximum absolute atomic E-state index is 13.4. The minimum atomic E-state index is -0.301. The lowest BCUT2D eigenvalue weighted by molar-refractivity contribution is 0.629. The predicted octanol–water partition coefficient (Wildman–Crippen LogP) is 3.52. The summed E-state index contributed by atoms with van der Waals surface area (Å²) >= 11 is 0. The number of aryl methyl sites for hydroxylation is 1. The summed E-state index contributed by atoms with van der Waals surface area (Å²) in [7, 11) is 0. The highest BCUT2D eigenvalue weighted by molar-refractivity contribution is 5.92. The van der Waals surface area contributed by atoms with Crippen molar-refractivity contribution in [2.75, 3.05) is 5.43 Å². The van der Waals surface area contributed by atoms with Gasteiger partial charge in [-0.05, 0) is 43.3 Å². The van der Waals surface area contributed by atoms with Gasteiger partial charge in [-0.1, -0.05) is 6.07 Å². The highest BCUT2D eigenvalue weighted by Gasteiger charge is 2.04. The molecule has 2 heterocycles. The van der Waals surface area contributed by atoms with Crippen LogP contribution in [0.3, 0.4) is 0 Å². The molecule has 0 aliphatic rings. The van der Waals surface area contributed by atoms with Gasteiger partial charge >= 0.3 is 0 Å². The van der Waals surface area contributed by atoms with E-state index in [0.29, 0.717) is 11.1 Å². The number of nitrogens with one attached hydrogen (secondary N) is 1. The summed E-state index contributed by atoms with van der Waals surface area (Å²) < 4.78 is 13.4. The molecule has 0 atom stereocenters. The van der Waals surface area contributed by atoms with Gasteiger partial charge in [-0.2, -0.15) is 5.10 Å². The third-order valence-electron chi connectivity index (χ3n) is 2.97. The first-order valence-corrected chi connectivity index (χ1v) is 6.49. The largest absolute Gasteiger partial charge is 0.278 e. The van der Waals surface area contributed by atoms with Crippen LogP contribution in [0.5, 0.6) is 0 Å². The molecule has 0 aliphatic carbocycles. The summed E-state index contributed by atoms with van der Waals surface area (Å²) in [6, 6.07) is 11.9. The molecule has 4 nitrogen and oxygen atoms in total. The lowest BCUT2D eigenvalue weighted by Gasteiger charge is -2.07.